The zero-order chi connectivity index (χ0) is 13.3. The molecule has 0 unspecified atom stereocenters. The van der Waals surface area contributed by atoms with Crippen LogP contribution in [-0.2, 0) is 13.6 Å². The van der Waals surface area contributed by atoms with Gasteiger partial charge in [-0.05, 0) is 33.8 Å². The first kappa shape index (κ1) is 15.6. The number of rotatable bonds is 4. The average Bonchev–Trinajstić information content (AvgIpc) is 2.79. The van der Waals surface area contributed by atoms with E-state index in [2.05, 4.69) is 48.5 Å². The summed E-state index contributed by atoms with van der Waals surface area (Å²) in [5.74, 6) is 0.947. The van der Waals surface area contributed by atoms with Crippen LogP contribution in [0.4, 0.5) is 5.82 Å². The molecular formula is C13H22ClN5. The van der Waals surface area contributed by atoms with E-state index in [-0.39, 0.29) is 12.4 Å². The van der Waals surface area contributed by atoms with Crippen molar-refractivity contribution < 1.29 is 0 Å². The van der Waals surface area contributed by atoms with E-state index in [0.717, 1.165) is 23.8 Å². The molecule has 106 valence electrons. The molecule has 0 aliphatic carbocycles. The van der Waals surface area contributed by atoms with Crippen molar-refractivity contribution in [2.24, 2.45) is 7.05 Å². The summed E-state index contributed by atoms with van der Waals surface area (Å²) in [6, 6.07) is 2.47. The molecule has 0 saturated carbocycles. The summed E-state index contributed by atoms with van der Waals surface area (Å²) in [5.41, 5.74) is 3.37. The number of halogens is 1. The molecule has 0 aromatic carbocycles. The number of nitrogens with one attached hydrogen (secondary N) is 1. The van der Waals surface area contributed by atoms with Crippen LogP contribution in [0.2, 0.25) is 0 Å². The Balaban J connectivity index is 0.00000180. The molecule has 2 rings (SSSR count). The van der Waals surface area contributed by atoms with Crippen molar-refractivity contribution in [2.75, 3.05) is 5.32 Å². The molecule has 2 aromatic heterocycles. The fourth-order valence-electron chi connectivity index (χ4n) is 1.93. The minimum atomic E-state index is 0. The van der Waals surface area contributed by atoms with Gasteiger partial charge in [-0.1, -0.05) is 0 Å². The molecule has 6 heteroatoms. The number of hydrogen-bond acceptors (Lipinski definition) is 3. The van der Waals surface area contributed by atoms with E-state index in [9.17, 15) is 0 Å². The van der Waals surface area contributed by atoms with Gasteiger partial charge in [-0.15, -0.1) is 12.4 Å². The second-order valence-electron chi connectivity index (χ2n) is 4.99. The summed E-state index contributed by atoms with van der Waals surface area (Å²) in [7, 11) is 1.96. The first-order valence-electron chi connectivity index (χ1n) is 6.26. The highest BCUT2D eigenvalue weighted by Crippen LogP contribution is 2.16. The van der Waals surface area contributed by atoms with Crippen molar-refractivity contribution >= 4 is 18.2 Å². The third-order valence-corrected chi connectivity index (χ3v) is 2.98. The van der Waals surface area contributed by atoms with Crippen LogP contribution in [0.3, 0.4) is 0 Å². The van der Waals surface area contributed by atoms with Crippen LogP contribution in [0.5, 0.6) is 0 Å². The monoisotopic (exact) mass is 283 g/mol. The Hall–Kier alpha value is -1.49. The molecule has 0 saturated heterocycles. The van der Waals surface area contributed by atoms with Gasteiger partial charge in [0, 0.05) is 24.8 Å². The maximum absolute atomic E-state index is 4.54. The Kier molecular flexibility index (Phi) is 5.00. The lowest BCUT2D eigenvalue weighted by Crippen LogP contribution is -2.07. The standard InChI is InChI=1S/C13H21N5.ClH/c1-9(2)18-8-10(3)13(16-18)14-7-12-6-11(4)15-17(12)5;/h6,8-9H,7H2,1-5H3,(H,14,16);1H. The third kappa shape index (κ3) is 3.50. The van der Waals surface area contributed by atoms with E-state index in [1.165, 1.54) is 5.56 Å². The minimum absolute atomic E-state index is 0. The minimum Gasteiger partial charge on any atom is -0.363 e. The Morgan fingerprint density at radius 3 is 2.42 bits per heavy atom. The molecule has 19 heavy (non-hydrogen) atoms. The van der Waals surface area contributed by atoms with Crippen LogP contribution in [0.1, 0.15) is 36.8 Å². The molecule has 0 radical (unpaired) electrons. The van der Waals surface area contributed by atoms with Gasteiger partial charge in [-0.2, -0.15) is 10.2 Å². The molecular weight excluding hydrogens is 262 g/mol. The van der Waals surface area contributed by atoms with E-state index < -0.39 is 0 Å². The van der Waals surface area contributed by atoms with Gasteiger partial charge in [-0.3, -0.25) is 9.36 Å². The highest BCUT2D eigenvalue weighted by Gasteiger charge is 2.08. The van der Waals surface area contributed by atoms with Crippen LogP contribution in [0, 0.1) is 13.8 Å². The molecule has 0 spiro atoms. The van der Waals surface area contributed by atoms with Crippen molar-refractivity contribution in [3.8, 4) is 0 Å². The number of aromatic nitrogens is 4. The number of nitrogens with zero attached hydrogens (tertiary/aromatic N) is 4. The van der Waals surface area contributed by atoms with Crippen LogP contribution in [-0.4, -0.2) is 19.6 Å². The van der Waals surface area contributed by atoms with E-state index >= 15 is 0 Å². The number of anilines is 1. The predicted molar refractivity (Wildman–Crippen MR) is 79.9 cm³/mol. The van der Waals surface area contributed by atoms with Gasteiger partial charge in [0.25, 0.3) is 0 Å². The summed E-state index contributed by atoms with van der Waals surface area (Å²) in [6.07, 6.45) is 2.07. The fourth-order valence-corrected chi connectivity index (χ4v) is 1.93. The molecule has 0 aliphatic rings. The van der Waals surface area contributed by atoms with E-state index in [0.29, 0.717) is 6.04 Å². The molecule has 0 aliphatic heterocycles. The maximum Gasteiger partial charge on any atom is 0.151 e. The van der Waals surface area contributed by atoms with Gasteiger partial charge in [0.1, 0.15) is 0 Å². The van der Waals surface area contributed by atoms with Crippen LogP contribution >= 0.6 is 12.4 Å². The van der Waals surface area contributed by atoms with Gasteiger partial charge in [0.15, 0.2) is 5.82 Å². The Morgan fingerprint density at radius 2 is 1.95 bits per heavy atom. The highest BCUT2D eigenvalue weighted by molar-refractivity contribution is 5.85. The second kappa shape index (κ2) is 6.10. The van der Waals surface area contributed by atoms with E-state index in [4.69, 9.17) is 0 Å². The lowest BCUT2D eigenvalue weighted by Gasteiger charge is -2.05. The average molecular weight is 284 g/mol. The van der Waals surface area contributed by atoms with E-state index in [1.807, 2.05) is 23.3 Å². The molecule has 0 atom stereocenters. The summed E-state index contributed by atoms with van der Waals surface area (Å²) >= 11 is 0. The van der Waals surface area contributed by atoms with Gasteiger partial charge >= 0.3 is 0 Å². The van der Waals surface area contributed by atoms with E-state index in [1.54, 1.807) is 0 Å². The maximum atomic E-state index is 4.54. The zero-order valence-corrected chi connectivity index (χ0v) is 13.0. The molecule has 2 aromatic rings. The molecule has 1 N–H and O–H groups in total. The van der Waals surface area contributed by atoms with Crippen molar-refractivity contribution in [2.45, 2.75) is 40.3 Å². The van der Waals surface area contributed by atoms with Crippen molar-refractivity contribution in [1.82, 2.24) is 19.6 Å². The molecule has 0 amide bonds. The Labute approximate surface area is 120 Å². The lowest BCUT2D eigenvalue weighted by molar-refractivity contribution is 0.533. The van der Waals surface area contributed by atoms with Crippen molar-refractivity contribution in [3.63, 3.8) is 0 Å². The predicted octanol–water partition coefficient (Wildman–Crippen LogP) is 2.85. The highest BCUT2D eigenvalue weighted by atomic mass is 35.5. The third-order valence-electron chi connectivity index (χ3n) is 2.98. The van der Waals surface area contributed by atoms with Gasteiger partial charge in [0.2, 0.25) is 0 Å². The van der Waals surface area contributed by atoms with Crippen LogP contribution in [0.25, 0.3) is 0 Å². The van der Waals surface area contributed by atoms with Crippen molar-refractivity contribution in [3.05, 3.63) is 29.2 Å². The van der Waals surface area contributed by atoms with Crippen LogP contribution in [0.15, 0.2) is 12.3 Å². The summed E-state index contributed by atoms with van der Waals surface area (Å²) in [5, 5.41) is 12.2. The summed E-state index contributed by atoms with van der Waals surface area (Å²) < 4.78 is 3.88. The topological polar surface area (TPSA) is 47.7 Å². The largest absolute Gasteiger partial charge is 0.363 e. The first-order chi connectivity index (χ1) is 8.47. The van der Waals surface area contributed by atoms with Gasteiger partial charge in [-0.25, -0.2) is 0 Å². The summed E-state index contributed by atoms with van der Waals surface area (Å²) in [4.78, 5) is 0. The molecule has 0 fully saturated rings. The summed E-state index contributed by atoms with van der Waals surface area (Å²) in [6.45, 7) is 9.07. The Morgan fingerprint density at radius 1 is 1.26 bits per heavy atom. The Bertz CT molecular complexity index is 541. The first-order valence-corrected chi connectivity index (χ1v) is 6.26. The van der Waals surface area contributed by atoms with Crippen LogP contribution < -0.4 is 5.32 Å². The SMILES string of the molecule is Cc1cc(CNc2nn(C(C)C)cc2C)n(C)n1.Cl. The molecule has 2 heterocycles. The quantitative estimate of drug-likeness (QED) is 0.939. The van der Waals surface area contributed by atoms with Gasteiger partial charge in [0.05, 0.1) is 17.9 Å². The fraction of sp³-hybridized carbons (Fsp3) is 0.538. The normalized spacial score (nSPS) is 10.6. The van der Waals surface area contributed by atoms with Gasteiger partial charge < -0.3 is 5.32 Å². The zero-order valence-electron chi connectivity index (χ0n) is 12.1. The second-order valence-corrected chi connectivity index (χ2v) is 4.99. The molecule has 0 bridgehead atoms. The van der Waals surface area contributed by atoms with Crippen molar-refractivity contribution in [1.29, 1.82) is 0 Å². The smallest absolute Gasteiger partial charge is 0.151 e. The number of aryl methyl sites for hydroxylation is 3. The number of hydrogen-bond donors (Lipinski definition) is 1. The lowest BCUT2D eigenvalue weighted by atomic mass is 10.3. The molecule has 5 nitrogen and oxygen atoms in total.